The minimum Gasteiger partial charge on any atom is -0.393 e. The maximum atomic E-state index is 12.0. The number of benzene rings is 1. The third kappa shape index (κ3) is 2.13. The highest BCUT2D eigenvalue weighted by Crippen LogP contribution is 2.25. The number of hydrogen-bond acceptors (Lipinski definition) is 2. The van der Waals surface area contributed by atoms with Crippen LogP contribution in [0, 0.1) is 0 Å². The molecular formula is C12H13Cl2N3O. The average Bonchev–Trinajstić information content (AvgIpc) is 2.57. The number of halogens is 2. The van der Waals surface area contributed by atoms with E-state index < -0.39 is 0 Å². The predicted molar refractivity (Wildman–Crippen MR) is 74.9 cm³/mol. The molecule has 0 atom stereocenters. The van der Waals surface area contributed by atoms with Gasteiger partial charge in [0.15, 0.2) is 0 Å². The molecule has 0 saturated heterocycles. The Morgan fingerprint density at radius 1 is 1.33 bits per heavy atom. The number of nitrogens with one attached hydrogen (secondary N) is 1. The largest absolute Gasteiger partial charge is 0.393 e. The van der Waals surface area contributed by atoms with Gasteiger partial charge in [-0.05, 0) is 24.1 Å². The van der Waals surface area contributed by atoms with Crippen molar-refractivity contribution in [1.82, 2.24) is 9.78 Å². The second-order valence-corrected chi connectivity index (χ2v) is 5.17. The molecule has 2 aromatic rings. The SMILES string of the molecule is CC(C)c1[nH]n(-c2ccc(Cl)cc2Cl)c(=O)c1N. The zero-order valence-electron chi connectivity index (χ0n) is 10.00. The molecule has 96 valence electrons. The minimum absolute atomic E-state index is 0.130. The van der Waals surface area contributed by atoms with E-state index in [1.165, 1.54) is 4.68 Å². The molecule has 0 aliphatic heterocycles. The minimum atomic E-state index is -0.303. The number of aromatic nitrogens is 2. The van der Waals surface area contributed by atoms with E-state index in [1.807, 2.05) is 13.8 Å². The Morgan fingerprint density at radius 2 is 2.00 bits per heavy atom. The fourth-order valence-electron chi connectivity index (χ4n) is 1.74. The van der Waals surface area contributed by atoms with E-state index in [0.29, 0.717) is 21.4 Å². The van der Waals surface area contributed by atoms with Crippen LogP contribution in [-0.4, -0.2) is 9.78 Å². The van der Waals surface area contributed by atoms with Crippen molar-refractivity contribution in [3.8, 4) is 5.69 Å². The van der Waals surface area contributed by atoms with Gasteiger partial charge in [-0.2, -0.15) is 0 Å². The lowest BCUT2D eigenvalue weighted by Gasteiger charge is -2.05. The Morgan fingerprint density at radius 3 is 2.50 bits per heavy atom. The number of nitrogens with two attached hydrogens (primary N) is 1. The molecule has 0 fully saturated rings. The number of nitrogens with zero attached hydrogens (tertiary/aromatic N) is 1. The summed E-state index contributed by atoms with van der Waals surface area (Å²) in [5.74, 6) is 0.130. The van der Waals surface area contributed by atoms with E-state index in [1.54, 1.807) is 18.2 Å². The normalized spacial score (nSPS) is 11.2. The molecule has 0 radical (unpaired) electrons. The summed E-state index contributed by atoms with van der Waals surface area (Å²) in [5.41, 5.74) is 6.94. The fourth-order valence-corrected chi connectivity index (χ4v) is 2.23. The van der Waals surface area contributed by atoms with Crippen LogP contribution in [0.2, 0.25) is 10.0 Å². The average molecular weight is 286 g/mol. The third-order valence-corrected chi connectivity index (χ3v) is 3.22. The summed E-state index contributed by atoms with van der Waals surface area (Å²) in [6.45, 7) is 3.91. The van der Waals surface area contributed by atoms with Crippen molar-refractivity contribution >= 4 is 28.9 Å². The molecule has 0 aliphatic carbocycles. The molecule has 0 unspecified atom stereocenters. The maximum absolute atomic E-state index is 12.0. The molecule has 0 spiro atoms. The maximum Gasteiger partial charge on any atom is 0.294 e. The van der Waals surface area contributed by atoms with Crippen LogP contribution in [0.5, 0.6) is 0 Å². The van der Waals surface area contributed by atoms with Gasteiger partial charge in [0.25, 0.3) is 5.56 Å². The predicted octanol–water partition coefficient (Wildman–Crippen LogP) is 3.18. The van der Waals surface area contributed by atoms with Gasteiger partial charge in [-0.15, -0.1) is 0 Å². The van der Waals surface area contributed by atoms with Gasteiger partial charge in [0.1, 0.15) is 5.69 Å². The number of rotatable bonds is 2. The quantitative estimate of drug-likeness (QED) is 0.890. The molecule has 0 saturated carbocycles. The Hall–Kier alpha value is -1.39. The molecule has 2 rings (SSSR count). The number of hydrogen-bond donors (Lipinski definition) is 2. The molecular weight excluding hydrogens is 273 g/mol. The van der Waals surface area contributed by atoms with Crippen LogP contribution in [0.4, 0.5) is 5.69 Å². The van der Waals surface area contributed by atoms with Gasteiger partial charge in [0.05, 0.1) is 16.4 Å². The highest BCUT2D eigenvalue weighted by atomic mass is 35.5. The van der Waals surface area contributed by atoms with Crippen molar-refractivity contribution in [2.75, 3.05) is 5.73 Å². The van der Waals surface area contributed by atoms with E-state index in [9.17, 15) is 4.79 Å². The smallest absolute Gasteiger partial charge is 0.294 e. The van der Waals surface area contributed by atoms with Crippen molar-refractivity contribution in [3.63, 3.8) is 0 Å². The van der Waals surface area contributed by atoms with Crippen LogP contribution in [0.3, 0.4) is 0 Å². The summed E-state index contributed by atoms with van der Waals surface area (Å²) in [4.78, 5) is 12.0. The van der Waals surface area contributed by atoms with E-state index in [4.69, 9.17) is 28.9 Å². The molecule has 0 amide bonds. The van der Waals surface area contributed by atoms with Gasteiger partial charge in [-0.3, -0.25) is 9.89 Å². The lowest BCUT2D eigenvalue weighted by molar-refractivity contribution is 0.761. The van der Waals surface area contributed by atoms with Crippen LogP contribution >= 0.6 is 23.2 Å². The summed E-state index contributed by atoms with van der Waals surface area (Å²) in [5, 5.41) is 3.88. The highest BCUT2D eigenvalue weighted by molar-refractivity contribution is 6.35. The standard InChI is InChI=1S/C12H13Cl2N3O/c1-6(2)11-10(15)12(18)17(16-11)9-4-3-7(13)5-8(9)14/h3-6,16H,15H2,1-2H3. The summed E-state index contributed by atoms with van der Waals surface area (Å²) < 4.78 is 1.34. The monoisotopic (exact) mass is 285 g/mol. The molecule has 1 aromatic heterocycles. The molecule has 0 bridgehead atoms. The van der Waals surface area contributed by atoms with Gasteiger partial charge in [0, 0.05) is 5.02 Å². The summed E-state index contributed by atoms with van der Waals surface area (Å²) in [6.07, 6.45) is 0. The Kier molecular flexibility index (Phi) is 3.41. The highest BCUT2D eigenvalue weighted by Gasteiger charge is 2.16. The van der Waals surface area contributed by atoms with Crippen molar-refractivity contribution in [2.45, 2.75) is 19.8 Å². The number of anilines is 1. The first-order valence-corrected chi connectivity index (χ1v) is 6.23. The summed E-state index contributed by atoms with van der Waals surface area (Å²) >= 11 is 11.9. The molecule has 18 heavy (non-hydrogen) atoms. The third-order valence-electron chi connectivity index (χ3n) is 2.68. The van der Waals surface area contributed by atoms with E-state index in [0.717, 1.165) is 0 Å². The fraction of sp³-hybridized carbons (Fsp3) is 0.250. The van der Waals surface area contributed by atoms with Crippen LogP contribution < -0.4 is 11.3 Å². The Bertz CT molecular complexity index is 643. The van der Waals surface area contributed by atoms with E-state index in [2.05, 4.69) is 5.10 Å². The van der Waals surface area contributed by atoms with Gasteiger partial charge >= 0.3 is 0 Å². The van der Waals surface area contributed by atoms with Crippen molar-refractivity contribution in [3.05, 3.63) is 44.3 Å². The van der Waals surface area contributed by atoms with Crippen molar-refractivity contribution in [2.24, 2.45) is 0 Å². The van der Waals surface area contributed by atoms with Crippen LogP contribution in [0.15, 0.2) is 23.0 Å². The van der Waals surface area contributed by atoms with Crippen LogP contribution in [0.25, 0.3) is 5.69 Å². The number of aromatic amines is 1. The second-order valence-electron chi connectivity index (χ2n) is 4.33. The first kappa shape index (κ1) is 13.1. The molecule has 4 nitrogen and oxygen atoms in total. The Balaban J connectivity index is 2.65. The Labute approximate surface area is 114 Å². The summed E-state index contributed by atoms with van der Waals surface area (Å²) in [6, 6.07) is 4.92. The first-order chi connectivity index (χ1) is 8.41. The number of nitrogen functional groups attached to an aromatic ring is 1. The van der Waals surface area contributed by atoms with Gasteiger partial charge in [-0.1, -0.05) is 37.0 Å². The van der Waals surface area contributed by atoms with E-state index >= 15 is 0 Å². The van der Waals surface area contributed by atoms with Gasteiger partial charge in [0.2, 0.25) is 0 Å². The topological polar surface area (TPSA) is 63.8 Å². The van der Waals surface area contributed by atoms with Crippen molar-refractivity contribution in [1.29, 1.82) is 0 Å². The lowest BCUT2D eigenvalue weighted by atomic mass is 10.1. The van der Waals surface area contributed by atoms with Crippen LogP contribution in [-0.2, 0) is 0 Å². The lowest BCUT2D eigenvalue weighted by Crippen LogP contribution is -2.16. The second kappa shape index (κ2) is 4.71. The summed E-state index contributed by atoms with van der Waals surface area (Å²) in [7, 11) is 0. The first-order valence-electron chi connectivity index (χ1n) is 5.47. The molecule has 1 aromatic carbocycles. The molecule has 1 heterocycles. The van der Waals surface area contributed by atoms with Crippen LogP contribution in [0.1, 0.15) is 25.5 Å². The zero-order valence-corrected chi connectivity index (χ0v) is 11.5. The van der Waals surface area contributed by atoms with Gasteiger partial charge in [-0.25, -0.2) is 4.68 Å². The van der Waals surface area contributed by atoms with Crippen molar-refractivity contribution < 1.29 is 0 Å². The van der Waals surface area contributed by atoms with E-state index in [-0.39, 0.29) is 17.2 Å². The number of H-pyrrole nitrogens is 1. The van der Waals surface area contributed by atoms with Gasteiger partial charge < -0.3 is 5.73 Å². The zero-order chi connectivity index (χ0) is 13.4. The molecule has 6 heteroatoms. The molecule has 0 aliphatic rings. The molecule has 3 N–H and O–H groups in total.